The van der Waals surface area contributed by atoms with Crippen molar-refractivity contribution < 1.29 is 46.2 Å². The number of nitrogens with zero attached hydrogens (tertiary/aromatic N) is 1. The fourth-order valence-electron chi connectivity index (χ4n) is 2.70. The Labute approximate surface area is 195 Å². The van der Waals surface area contributed by atoms with Gasteiger partial charge in [0, 0.05) is 32.9 Å². The molecular weight excluding hydrogens is 466 g/mol. The zero-order valence-corrected chi connectivity index (χ0v) is 20.6. The van der Waals surface area contributed by atoms with Crippen molar-refractivity contribution in [2.24, 2.45) is 5.92 Å². The SMILES string of the molecule is COCCOCCOCCOCCOCC(O)OSN1CCC(CC(=O)S(C)(=O)=O)CC1. The summed E-state index contributed by atoms with van der Waals surface area (Å²) in [5, 5.41) is 9.13. The quantitative estimate of drug-likeness (QED) is 0.112. The van der Waals surface area contributed by atoms with Gasteiger partial charge in [-0.3, -0.25) is 8.98 Å². The average molecular weight is 504 g/mol. The maximum atomic E-state index is 11.6. The number of methoxy groups -OCH3 is 1. The summed E-state index contributed by atoms with van der Waals surface area (Å²) in [6, 6.07) is 0. The maximum absolute atomic E-state index is 11.6. The summed E-state index contributed by atoms with van der Waals surface area (Å²) in [7, 11) is -1.99. The molecule has 0 aliphatic carbocycles. The summed E-state index contributed by atoms with van der Waals surface area (Å²) in [4.78, 5) is 11.6. The lowest BCUT2D eigenvalue weighted by atomic mass is 9.95. The van der Waals surface area contributed by atoms with Crippen molar-refractivity contribution in [2.45, 2.75) is 25.6 Å². The number of aliphatic hydroxyl groups is 1. The second-order valence-corrected chi connectivity index (χ2v) is 10.1. The van der Waals surface area contributed by atoms with E-state index < -0.39 is 21.2 Å². The lowest BCUT2D eigenvalue weighted by Crippen LogP contribution is -2.31. The van der Waals surface area contributed by atoms with E-state index in [4.69, 9.17) is 27.9 Å². The zero-order chi connectivity index (χ0) is 23.7. The number of carbonyl (C=O) groups excluding carboxylic acids is 1. The first-order valence-corrected chi connectivity index (χ1v) is 13.2. The van der Waals surface area contributed by atoms with Crippen molar-refractivity contribution in [3.8, 4) is 0 Å². The molecule has 1 saturated heterocycles. The second-order valence-electron chi connectivity index (χ2n) is 7.25. The first kappa shape index (κ1) is 29.7. The molecule has 1 unspecified atom stereocenters. The molecule has 0 aromatic heterocycles. The van der Waals surface area contributed by atoms with Gasteiger partial charge in [0.1, 0.15) is 0 Å². The molecule has 0 radical (unpaired) electrons. The van der Waals surface area contributed by atoms with Crippen LogP contribution in [-0.4, -0.2) is 115 Å². The van der Waals surface area contributed by atoms with E-state index >= 15 is 0 Å². The monoisotopic (exact) mass is 503 g/mol. The van der Waals surface area contributed by atoms with Crippen molar-refractivity contribution in [1.29, 1.82) is 0 Å². The summed E-state index contributed by atoms with van der Waals surface area (Å²) in [6.07, 6.45) is 1.33. The van der Waals surface area contributed by atoms with Gasteiger partial charge >= 0.3 is 0 Å². The molecule has 1 fully saturated rings. The van der Waals surface area contributed by atoms with Crippen molar-refractivity contribution in [3.05, 3.63) is 0 Å². The van der Waals surface area contributed by atoms with E-state index in [0.717, 1.165) is 18.5 Å². The van der Waals surface area contributed by atoms with Crippen molar-refractivity contribution in [2.75, 3.05) is 85.9 Å². The van der Waals surface area contributed by atoms with Gasteiger partial charge in [-0.1, -0.05) is 0 Å². The smallest absolute Gasteiger partial charge is 0.246 e. The first-order valence-electron chi connectivity index (χ1n) is 10.6. The Morgan fingerprint density at radius 1 is 0.969 bits per heavy atom. The minimum absolute atomic E-state index is 0.0188. The lowest BCUT2D eigenvalue weighted by molar-refractivity contribution is -0.112. The zero-order valence-electron chi connectivity index (χ0n) is 18.9. The second kappa shape index (κ2) is 18.0. The third-order valence-electron chi connectivity index (χ3n) is 4.51. The highest BCUT2D eigenvalue weighted by Crippen LogP contribution is 2.26. The predicted molar refractivity (Wildman–Crippen MR) is 119 cm³/mol. The number of aliphatic hydroxyl groups excluding tert-OH is 1. The molecule has 1 heterocycles. The van der Waals surface area contributed by atoms with E-state index in [9.17, 15) is 18.3 Å². The third kappa shape index (κ3) is 15.5. The van der Waals surface area contributed by atoms with Crippen LogP contribution in [0.1, 0.15) is 19.3 Å². The van der Waals surface area contributed by atoms with Crippen LogP contribution in [0.2, 0.25) is 0 Å². The van der Waals surface area contributed by atoms with Crippen molar-refractivity contribution in [3.63, 3.8) is 0 Å². The molecule has 1 rings (SSSR count). The Morgan fingerprint density at radius 2 is 1.47 bits per heavy atom. The minimum atomic E-state index is -3.61. The van der Waals surface area contributed by atoms with Gasteiger partial charge < -0.3 is 28.8 Å². The molecule has 0 saturated carbocycles. The first-order chi connectivity index (χ1) is 15.3. The Hall–Kier alpha value is -0.350. The van der Waals surface area contributed by atoms with Crippen LogP contribution in [0.25, 0.3) is 0 Å². The topological polar surface area (TPSA) is 130 Å². The van der Waals surface area contributed by atoms with E-state index in [-0.39, 0.29) is 18.9 Å². The molecule has 0 aromatic carbocycles. The van der Waals surface area contributed by atoms with Crippen LogP contribution in [0.5, 0.6) is 0 Å². The standard InChI is InChI=1S/C19H37NO10S2/c1-25-7-8-26-9-10-27-11-12-28-13-14-29-16-18(21)30-31-20-5-3-17(4-6-20)15-19(22)32(2,23)24/h17-18,21H,3-16H2,1-2H3. The number of sulfone groups is 1. The number of hydrogen-bond acceptors (Lipinski definition) is 12. The van der Waals surface area contributed by atoms with Gasteiger partial charge in [-0.15, -0.1) is 0 Å². The van der Waals surface area contributed by atoms with E-state index in [1.807, 2.05) is 4.31 Å². The van der Waals surface area contributed by atoms with E-state index in [2.05, 4.69) is 0 Å². The summed E-state index contributed by atoms with van der Waals surface area (Å²) < 4.78 is 55.8. The summed E-state index contributed by atoms with van der Waals surface area (Å²) in [6.45, 7) is 5.07. The molecule has 1 aliphatic rings. The number of ether oxygens (including phenoxy) is 5. The number of piperidine rings is 1. The molecule has 0 bridgehead atoms. The fraction of sp³-hybridized carbons (Fsp3) is 0.947. The van der Waals surface area contributed by atoms with Gasteiger partial charge in [-0.25, -0.2) is 12.7 Å². The summed E-state index contributed by atoms with van der Waals surface area (Å²) in [5.41, 5.74) is 0. The summed E-state index contributed by atoms with van der Waals surface area (Å²) in [5.74, 6) is 0.0574. The lowest BCUT2D eigenvalue weighted by Gasteiger charge is -2.30. The van der Waals surface area contributed by atoms with Gasteiger partial charge in [0.15, 0.2) is 6.29 Å². The van der Waals surface area contributed by atoms with Crippen LogP contribution in [0.15, 0.2) is 0 Å². The fourth-order valence-corrected chi connectivity index (χ4v) is 3.87. The number of rotatable bonds is 19. The highest BCUT2D eigenvalue weighted by molar-refractivity contribution is 8.05. The number of carbonyl (C=O) groups is 1. The normalized spacial score (nSPS) is 17.0. The molecule has 32 heavy (non-hydrogen) atoms. The van der Waals surface area contributed by atoms with Crippen molar-refractivity contribution >= 4 is 27.2 Å². The van der Waals surface area contributed by atoms with Crippen LogP contribution < -0.4 is 0 Å². The number of hydrogen-bond donors (Lipinski definition) is 1. The highest BCUT2D eigenvalue weighted by atomic mass is 32.2. The highest BCUT2D eigenvalue weighted by Gasteiger charge is 2.26. The minimum Gasteiger partial charge on any atom is -0.382 e. The molecule has 1 aliphatic heterocycles. The molecule has 0 spiro atoms. The molecule has 190 valence electrons. The molecule has 1 atom stereocenters. The average Bonchev–Trinajstić information content (AvgIpc) is 2.75. The van der Waals surface area contributed by atoms with Gasteiger partial charge in [0.25, 0.3) is 0 Å². The van der Waals surface area contributed by atoms with Crippen LogP contribution in [-0.2, 0) is 42.5 Å². The molecule has 0 aromatic rings. The van der Waals surface area contributed by atoms with Crippen LogP contribution in [0, 0.1) is 5.92 Å². The van der Waals surface area contributed by atoms with E-state index in [0.29, 0.717) is 78.8 Å². The molecule has 11 nitrogen and oxygen atoms in total. The van der Waals surface area contributed by atoms with E-state index in [1.54, 1.807) is 7.11 Å². The summed E-state index contributed by atoms with van der Waals surface area (Å²) >= 11 is 1.05. The molecule has 13 heteroatoms. The Balaban J connectivity index is 1.91. The third-order valence-corrected chi connectivity index (χ3v) is 6.39. The predicted octanol–water partition coefficient (Wildman–Crippen LogP) is 0.271. The van der Waals surface area contributed by atoms with Crippen LogP contribution in [0.3, 0.4) is 0 Å². The largest absolute Gasteiger partial charge is 0.382 e. The van der Waals surface area contributed by atoms with Gasteiger partial charge in [0.05, 0.1) is 71.7 Å². The van der Waals surface area contributed by atoms with E-state index in [1.165, 1.54) is 0 Å². The van der Waals surface area contributed by atoms with Gasteiger partial charge in [-0.05, 0) is 18.8 Å². The molecular formula is C19H37NO10S2. The molecule has 1 N–H and O–H groups in total. The van der Waals surface area contributed by atoms with Crippen LogP contribution in [0.4, 0.5) is 0 Å². The molecule has 0 amide bonds. The van der Waals surface area contributed by atoms with Gasteiger partial charge in [-0.2, -0.15) is 0 Å². The van der Waals surface area contributed by atoms with Crippen molar-refractivity contribution in [1.82, 2.24) is 4.31 Å². The Kier molecular flexibility index (Phi) is 16.7. The Morgan fingerprint density at radius 3 is 1.97 bits per heavy atom. The van der Waals surface area contributed by atoms with Crippen LogP contribution >= 0.6 is 12.2 Å². The maximum Gasteiger partial charge on any atom is 0.246 e. The van der Waals surface area contributed by atoms with Gasteiger partial charge in [0.2, 0.25) is 15.0 Å². The Bertz CT molecular complexity index is 585.